The van der Waals surface area contributed by atoms with Gasteiger partial charge in [0.25, 0.3) is 0 Å². The summed E-state index contributed by atoms with van der Waals surface area (Å²) in [4.78, 5) is 0. The molecule has 1 rings (SSSR count). The van der Waals surface area contributed by atoms with E-state index < -0.39 is 11.6 Å². The van der Waals surface area contributed by atoms with E-state index in [1.807, 2.05) is 13.8 Å². The summed E-state index contributed by atoms with van der Waals surface area (Å²) >= 11 is 0. The molecule has 0 heterocycles. The molecule has 0 atom stereocenters. The molecule has 72 valence electrons. The Morgan fingerprint density at radius 2 is 1.85 bits per heavy atom. The van der Waals surface area contributed by atoms with Crippen molar-refractivity contribution in [1.29, 1.82) is 0 Å². The van der Waals surface area contributed by atoms with Crippen LogP contribution >= 0.6 is 0 Å². The molecule has 0 aliphatic heterocycles. The Labute approximate surface area is 75.5 Å². The van der Waals surface area contributed by atoms with E-state index in [4.69, 9.17) is 5.21 Å². The van der Waals surface area contributed by atoms with E-state index in [2.05, 4.69) is 5.16 Å². The van der Waals surface area contributed by atoms with E-state index in [1.54, 1.807) is 0 Å². The van der Waals surface area contributed by atoms with Gasteiger partial charge >= 0.3 is 0 Å². The van der Waals surface area contributed by atoms with Crippen LogP contribution in [0.4, 0.5) is 8.78 Å². The van der Waals surface area contributed by atoms with Gasteiger partial charge in [-0.25, -0.2) is 8.78 Å². The van der Waals surface area contributed by atoms with Crippen molar-refractivity contribution in [3.05, 3.63) is 35.4 Å². The number of rotatable bonds is 1. The van der Waals surface area contributed by atoms with Crippen molar-refractivity contribution < 1.29 is 14.0 Å². The molecule has 0 radical (unpaired) electrons. The molecule has 0 aliphatic rings. The Morgan fingerprint density at radius 1 is 1.23 bits per heavy atom. The molecule has 0 fully saturated rings. The minimum Gasteiger partial charge on any atom is -0.411 e. The Hall–Kier alpha value is -1.45. The average Bonchev–Trinajstić information content (AvgIpc) is 2.15. The molecule has 2 nitrogen and oxygen atoms in total. The van der Waals surface area contributed by atoms with Crippen molar-refractivity contribution in [2.45, 2.75) is 13.8 Å². The van der Waals surface area contributed by atoms with Crippen LogP contribution in [-0.2, 0) is 0 Å². The monoisotopic (exact) mass is 187 g/mol. The lowest BCUT2D eigenvalue weighted by Gasteiger charge is -1.92. The Balaban J connectivity index is 0.000000671. The Bertz CT molecular complexity index is 287. The van der Waals surface area contributed by atoms with Crippen molar-refractivity contribution >= 4 is 6.21 Å². The van der Waals surface area contributed by atoms with Gasteiger partial charge in [-0.3, -0.25) is 0 Å². The maximum absolute atomic E-state index is 12.4. The molecule has 13 heavy (non-hydrogen) atoms. The Morgan fingerprint density at radius 3 is 2.31 bits per heavy atom. The fourth-order valence-electron chi connectivity index (χ4n) is 0.659. The zero-order valence-electron chi connectivity index (χ0n) is 7.46. The van der Waals surface area contributed by atoms with Crippen molar-refractivity contribution in [3.8, 4) is 0 Å². The predicted molar refractivity (Wildman–Crippen MR) is 47.1 cm³/mol. The molecular weight excluding hydrogens is 176 g/mol. The second-order valence-electron chi connectivity index (χ2n) is 1.92. The van der Waals surface area contributed by atoms with Crippen LogP contribution in [0.5, 0.6) is 0 Å². The fraction of sp³-hybridized carbons (Fsp3) is 0.222. The molecular formula is C9H11F2NO. The third-order valence-corrected chi connectivity index (χ3v) is 1.15. The molecule has 0 amide bonds. The zero-order chi connectivity index (χ0) is 10.3. The minimum absolute atomic E-state index is 0.311. The molecule has 1 aromatic carbocycles. The minimum atomic E-state index is -0.956. The molecule has 1 N–H and O–H groups in total. The fourth-order valence-corrected chi connectivity index (χ4v) is 0.659. The second kappa shape index (κ2) is 6.11. The van der Waals surface area contributed by atoms with E-state index in [0.29, 0.717) is 5.56 Å². The summed E-state index contributed by atoms with van der Waals surface area (Å²) in [5.74, 6) is -1.87. The number of halogens is 2. The zero-order valence-corrected chi connectivity index (χ0v) is 7.46. The molecule has 0 aliphatic carbocycles. The standard InChI is InChI=1S/C7H5F2NO.C2H6/c8-6-2-1-5(4-10-11)3-7(6)9;1-2/h1-4,11H;1-2H3/b10-4+;. The molecule has 0 saturated heterocycles. The van der Waals surface area contributed by atoms with Gasteiger partial charge in [0.2, 0.25) is 0 Å². The van der Waals surface area contributed by atoms with E-state index in [0.717, 1.165) is 18.3 Å². The lowest BCUT2D eigenvalue weighted by Crippen LogP contribution is -1.87. The molecule has 0 bridgehead atoms. The third kappa shape index (κ3) is 3.64. The predicted octanol–water partition coefficient (Wildman–Crippen LogP) is 2.80. The Kier molecular flexibility index (Phi) is 5.43. The molecule has 0 aromatic heterocycles. The first-order chi connectivity index (χ1) is 6.24. The van der Waals surface area contributed by atoms with Gasteiger partial charge in [0.15, 0.2) is 11.6 Å². The number of nitrogens with zero attached hydrogens (tertiary/aromatic N) is 1. The molecule has 0 saturated carbocycles. The number of benzene rings is 1. The van der Waals surface area contributed by atoms with Gasteiger partial charge < -0.3 is 5.21 Å². The van der Waals surface area contributed by atoms with Crippen LogP contribution in [0.25, 0.3) is 0 Å². The van der Waals surface area contributed by atoms with Crippen LogP contribution in [0.3, 0.4) is 0 Å². The number of oxime groups is 1. The largest absolute Gasteiger partial charge is 0.411 e. The van der Waals surface area contributed by atoms with Crippen molar-refractivity contribution in [2.75, 3.05) is 0 Å². The molecule has 4 heteroatoms. The summed E-state index contributed by atoms with van der Waals surface area (Å²) in [6, 6.07) is 3.21. The highest BCUT2D eigenvalue weighted by Crippen LogP contribution is 2.06. The molecule has 0 unspecified atom stereocenters. The van der Waals surface area contributed by atoms with Gasteiger partial charge in [0.1, 0.15) is 0 Å². The van der Waals surface area contributed by atoms with E-state index in [1.165, 1.54) is 6.07 Å². The van der Waals surface area contributed by atoms with E-state index in [-0.39, 0.29) is 0 Å². The lowest BCUT2D eigenvalue weighted by molar-refractivity contribution is 0.322. The molecule has 0 spiro atoms. The first kappa shape index (κ1) is 11.6. The first-order valence-electron chi connectivity index (χ1n) is 3.86. The molecule has 1 aromatic rings. The van der Waals surface area contributed by atoms with Gasteiger partial charge in [-0.1, -0.05) is 25.1 Å². The summed E-state index contributed by atoms with van der Waals surface area (Å²) in [5, 5.41) is 10.7. The smallest absolute Gasteiger partial charge is 0.159 e. The highest BCUT2D eigenvalue weighted by molar-refractivity contribution is 5.78. The normalized spacial score (nSPS) is 9.54. The van der Waals surface area contributed by atoms with Gasteiger partial charge in [0.05, 0.1) is 6.21 Å². The van der Waals surface area contributed by atoms with Gasteiger partial charge in [-0.15, -0.1) is 0 Å². The third-order valence-electron chi connectivity index (χ3n) is 1.15. The maximum atomic E-state index is 12.4. The van der Waals surface area contributed by atoms with E-state index >= 15 is 0 Å². The van der Waals surface area contributed by atoms with Crippen LogP contribution in [-0.4, -0.2) is 11.4 Å². The first-order valence-corrected chi connectivity index (χ1v) is 3.86. The van der Waals surface area contributed by atoms with Crippen LogP contribution in [0.2, 0.25) is 0 Å². The van der Waals surface area contributed by atoms with Crippen LogP contribution in [0.1, 0.15) is 19.4 Å². The highest BCUT2D eigenvalue weighted by Gasteiger charge is 1.99. The van der Waals surface area contributed by atoms with Crippen molar-refractivity contribution in [3.63, 3.8) is 0 Å². The second-order valence-corrected chi connectivity index (χ2v) is 1.92. The number of hydrogen-bond acceptors (Lipinski definition) is 2. The van der Waals surface area contributed by atoms with Gasteiger partial charge in [0, 0.05) is 0 Å². The summed E-state index contributed by atoms with van der Waals surface area (Å²) < 4.78 is 24.6. The SMILES string of the molecule is CC.O/N=C/c1ccc(F)c(F)c1. The quantitative estimate of drug-likeness (QED) is 0.409. The summed E-state index contributed by atoms with van der Waals surface area (Å²) in [6.07, 6.45) is 1.02. The summed E-state index contributed by atoms with van der Waals surface area (Å²) in [6.45, 7) is 4.00. The summed E-state index contributed by atoms with van der Waals surface area (Å²) in [5.41, 5.74) is 0.311. The van der Waals surface area contributed by atoms with E-state index in [9.17, 15) is 8.78 Å². The van der Waals surface area contributed by atoms with Crippen molar-refractivity contribution in [1.82, 2.24) is 0 Å². The van der Waals surface area contributed by atoms with Gasteiger partial charge in [-0.05, 0) is 17.7 Å². The van der Waals surface area contributed by atoms with Crippen LogP contribution in [0.15, 0.2) is 23.4 Å². The van der Waals surface area contributed by atoms with Gasteiger partial charge in [-0.2, -0.15) is 0 Å². The number of hydrogen-bond donors (Lipinski definition) is 1. The summed E-state index contributed by atoms with van der Waals surface area (Å²) in [7, 11) is 0. The van der Waals surface area contributed by atoms with Crippen LogP contribution < -0.4 is 0 Å². The van der Waals surface area contributed by atoms with Crippen LogP contribution in [0, 0.1) is 11.6 Å². The van der Waals surface area contributed by atoms with Crippen molar-refractivity contribution in [2.24, 2.45) is 5.16 Å². The average molecular weight is 187 g/mol. The maximum Gasteiger partial charge on any atom is 0.159 e. The topological polar surface area (TPSA) is 32.6 Å². The lowest BCUT2D eigenvalue weighted by atomic mass is 10.2. The highest BCUT2D eigenvalue weighted by atomic mass is 19.2.